The standard InChI is InChI=1S/C9H18O3.CH4O3S/c1-9(2,3-4-10)7-8-11-5-6-12-8;1-5(2,3)4/h8,10H,3-7H2,1-2H3;1H3,(H,2,3,4). The molecular formula is C10H22O6S. The molecule has 0 spiro atoms. The fraction of sp³-hybridized carbons (Fsp3) is 1.00. The van der Waals surface area contributed by atoms with Crippen LogP contribution in [0, 0.1) is 5.41 Å². The maximum atomic E-state index is 9.19. The molecule has 1 rings (SSSR count). The summed E-state index contributed by atoms with van der Waals surface area (Å²) in [4.78, 5) is 0. The van der Waals surface area contributed by atoms with Crippen molar-refractivity contribution in [1.29, 1.82) is 0 Å². The molecule has 1 heterocycles. The third kappa shape index (κ3) is 12.0. The Morgan fingerprint density at radius 1 is 1.29 bits per heavy atom. The van der Waals surface area contributed by atoms with Crippen LogP contribution in [-0.2, 0) is 19.6 Å². The van der Waals surface area contributed by atoms with Crippen LogP contribution in [0.4, 0.5) is 0 Å². The molecule has 1 saturated heterocycles. The number of rotatable bonds is 4. The van der Waals surface area contributed by atoms with E-state index in [1.54, 1.807) is 0 Å². The van der Waals surface area contributed by atoms with Crippen LogP contribution in [0.3, 0.4) is 0 Å². The lowest BCUT2D eigenvalue weighted by atomic mass is 9.86. The van der Waals surface area contributed by atoms with Gasteiger partial charge in [-0.25, -0.2) is 0 Å². The zero-order chi connectivity index (χ0) is 13.5. The summed E-state index contributed by atoms with van der Waals surface area (Å²) in [5, 5.41) is 8.79. The van der Waals surface area contributed by atoms with Crippen molar-refractivity contribution < 1.29 is 27.6 Å². The van der Waals surface area contributed by atoms with Crippen molar-refractivity contribution in [3.8, 4) is 0 Å². The van der Waals surface area contributed by atoms with Crippen molar-refractivity contribution in [2.75, 3.05) is 26.1 Å². The summed E-state index contributed by atoms with van der Waals surface area (Å²) >= 11 is 0. The molecule has 0 amide bonds. The van der Waals surface area contributed by atoms with E-state index in [0.717, 1.165) is 12.8 Å². The predicted molar refractivity (Wildman–Crippen MR) is 63.3 cm³/mol. The highest BCUT2D eigenvalue weighted by Crippen LogP contribution is 2.28. The second-order valence-electron chi connectivity index (χ2n) is 4.75. The third-order valence-corrected chi connectivity index (χ3v) is 2.20. The number of hydrogen-bond acceptors (Lipinski definition) is 5. The largest absolute Gasteiger partial charge is 0.396 e. The van der Waals surface area contributed by atoms with E-state index in [2.05, 4.69) is 13.8 Å². The zero-order valence-electron chi connectivity index (χ0n) is 10.5. The van der Waals surface area contributed by atoms with Crippen molar-refractivity contribution in [2.24, 2.45) is 5.41 Å². The first-order valence-corrected chi connectivity index (χ1v) is 7.25. The van der Waals surface area contributed by atoms with E-state index in [1.165, 1.54) is 0 Å². The molecule has 0 aromatic rings. The van der Waals surface area contributed by atoms with Gasteiger partial charge in [0.2, 0.25) is 0 Å². The minimum atomic E-state index is -3.67. The van der Waals surface area contributed by atoms with E-state index in [0.29, 0.717) is 19.5 Å². The summed E-state index contributed by atoms with van der Waals surface area (Å²) < 4.78 is 36.5. The van der Waals surface area contributed by atoms with Crippen LogP contribution in [0.5, 0.6) is 0 Å². The molecule has 0 atom stereocenters. The normalized spacial score (nSPS) is 17.7. The van der Waals surface area contributed by atoms with Crippen molar-refractivity contribution >= 4 is 10.1 Å². The molecule has 1 fully saturated rings. The van der Waals surface area contributed by atoms with Crippen LogP contribution in [0.25, 0.3) is 0 Å². The van der Waals surface area contributed by atoms with E-state index in [-0.39, 0.29) is 18.3 Å². The maximum absolute atomic E-state index is 9.19. The molecule has 2 N–H and O–H groups in total. The first-order chi connectivity index (χ1) is 7.64. The predicted octanol–water partition coefficient (Wildman–Crippen LogP) is 0.662. The molecular weight excluding hydrogens is 248 g/mol. The Balaban J connectivity index is 0.000000437. The van der Waals surface area contributed by atoms with Crippen molar-refractivity contribution in [2.45, 2.75) is 33.0 Å². The van der Waals surface area contributed by atoms with Crippen LogP contribution in [0.2, 0.25) is 0 Å². The molecule has 0 radical (unpaired) electrons. The molecule has 1 aliphatic rings. The van der Waals surface area contributed by atoms with Gasteiger partial charge in [0.05, 0.1) is 19.5 Å². The van der Waals surface area contributed by atoms with Crippen molar-refractivity contribution in [1.82, 2.24) is 0 Å². The summed E-state index contributed by atoms with van der Waals surface area (Å²) in [5.41, 5.74) is 0.115. The van der Waals surface area contributed by atoms with E-state index in [4.69, 9.17) is 19.1 Å². The highest BCUT2D eigenvalue weighted by molar-refractivity contribution is 7.85. The van der Waals surface area contributed by atoms with E-state index < -0.39 is 10.1 Å². The van der Waals surface area contributed by atoms with Crippen LogP contribution >= 0.6 is 0 Å². The van der Waals surface area contributed by atoms with Gasteiger partial charge in [-0.2, -0.15) is 8.42 Å². The monoisotopic (exact) mass is 270 g/mol. The second kappa shape index (κ2) is 7.27. The quantitative estimate of drug-likeness (QED) is 0.729. The molecule has 7 heteroatoms. The fourth-order valence-electron chi connectivity index (χ4n) is 1.38. The molecule has 104 valence electrons. The summed E-state index contributed by atoms with van der Waals surface area (Å²) in [7, 11) is -3.67. The minimum absolute atomic E-state index is 0.0495. The number of aliphatic hydroxyl groups excluding tert-OH is 1. The van der Waals surface area contributed by atoms with Gasteiger partial charge in [0.15, 0.2) is 6.29 Å². The van der Waals surface area contributed by atoms with E-state index in [1.807, 2.05) is 0 Å². The van der Waals surface area contributed by atoms with Gasteiger partial charge in [0.25, 0.3) is 10.1 Å². The second-order valence-corrected chi connectivity index (χ2v) is 6.21. The fourth-order valence-corrected chi connectivity index (χ4v) is 1.38. The van der Waals surface area contributed by atoms with Crippen LogP contribution < -0.4 is 0 Å². The van der Waals surface area contributed by atoms with Gasteiger partial charge >= 0.3 is 0 Å². The first kappa shape index (κ1) is 16.8. The highest BCUT2D eigenvalue weighted by Gasteiger charge is 2.26. The Morgan fingerprint density at radius 2 is 1.71 bits per heavy atom. The molecule has 0 unspecified atom stereocenters. The molecule has 0 aliphatic carbocycles. The highest BCUT2D eigenvalue weighted by atomic mass is 32.2. The van der Waals surface area contributed by atoms with Crippen molar-refractivity contribution in [3.63, 3.8) is 0 Å². The Bertz CT molecular complexity index is 284. The summed E-state index contributed by atoms with van der Waals surface area (Å²) in [6, 6.07) is 0. The van der Waals surface area contributed by atoms with Gasteiger partial charge in [0.1, 0.15) is 0 Å². The smallest absolute Gasteiger partial charge is 0.261 e. The molecule has 0 saturated carbocycles. The topological polar surface area (TPSA) is 93.1 Å². The Labute approximate surface area is 103 Å². The van der Waals surface area contributed by atoms with Crippen LogP contribution in [0.1, 0.15) is 26.7 Å². The number of hydrogen-bond donors (Lipinski definition) is 2. The molecule has 0 bridgehead atoms. The van der Waals surface area contributed by atoms with Gasteiger partial charge in [-0.05, 0) is 11.8 Å². The Morgan fingerprint density at radius 3 is 2.06 bits per heavy atom. The van der Waals surface area contributed by atoms with E-state index >= 15 is 0 Å². The summed E-state index contributed by atoms with van der Waals surface area (Å²) in [6.45, 7) is 5.89. The average Bonchev–Trinajstić information content (AvgIpc) is 2.51. The average molecular weight is 270 g/mol. The molecule has 0 aromatic heterocycles. The lowest BCUT2D eigenvalue weighted by Gasteiger charge is -2.25. The lowest BCUT2D eigenvalue weighted by molar-refractivity contribution is -0.0705. The SMILES string of the molecule is CC(C)(CCO)CC1OCCO1.CS(=O)(=O)O. The van der Waals surface area contributed by atoms with Gasteiger partial charge in [-0.1, -0.05) is 13.8 Å². The first-order valence-electron chi connectivity index (χ1n) is 5.40. The molecule has 17 heavy (non-hydrogen) atoms. The summed E-state index contributed by atoms with van der Waals surface area (Å²) in [5.74, 6) is 0. The minimum Gasteiger partial charge on any atom is -0.396 e. The van der Waals surface area contributed by atoms with Crippen LogP contribution in [0.15, 0.2) is 0 Å². The maximum Gasteiger partial charge on any atom is 0.261 e. The molecule has 0 aromatic carbocycles. The lowest BCUT2D eigenvalue weighted by Crippen LogP contribution is -2.22. The Kier molecular flexibility index (Phi) is 7.18. The van der Waals surface area contributed by atoms with Gasteiger partial charge in [0, 0.05) is 13.0 Å². The van der Waals surface area contributed by atoms with E-state index in [9.17, 15) is 8.42 Å². The van der Waals surface area contributed by atoms with Gasteiger partial charge < -0.3 is 14.6 Å². The number of ether oxygens (including phenoxy) is 2. The van der Waals surface area contributed by atoms with Crippen LogP contribution in [-0.4, -0.2) is 50.4 Å². The third-order valence-electron chi connectivity index (χ3n) is 2.20. The Hall–Kier alpha value is -0.210. The number of aliphatic hydroxyl groups is 1. The summed E-state index contributed by atoms with van der Waals surface area (Å²) in [6.07, 6.45) is 2.34. The van der Waals surface area contributed by atoms with Gasteiger partial charge in [-0.3, -0.25) is 4.55 Å². The zero-order valence-corrected chi connectivity index (χ0v) is 11.4. The van der Waals surface area contributed by atoms with Crippen molar-refractivity contribution in [3.05, 3.63) is 0 Å². The molecule has 6 nitrogen and oxygen atoms in total. The molecule has 1 aliphatic heterocycles. The van der Waals surface area contributed by atoms with Gasteiger partial charge in [-0.15, -0.1) is 0 Å².